The third-order valence-corrected chi connectivity index (χ3v) is 4.21. The van der Waals surface area contributed by atoms with Gasteiger partial charge in [-0.2, -0.15) is 4.57 Å². The molecule has 0 unspecified atom stereocenters. The average molecular weight is 296 g/mol. The molecule has 22 heavy (non-hydrogen) atoms. The second-order valence-electron chi connectivity index (χ2n) is 6.24. The van der Waals surface area contributed by atoms with E-state index in [1.165, 1.54) is 22.3 Å². The standard InChI is InChI=1S/C19H23N2O/c1-11(2)18-20-16-7-8-17(21(6)19(16)22-18)15-10-12(3)9-13(4)14(15)5/h7-11H,1-6H3/q+1/i11D. The molecule has 3 aromatic rings. The Balaban J connectivity index is 2.26. The Labute approximate surface area is 133 Å². The van der Waals surface area contributed by atoms with Gasteiger partial charge < -0.3 is 4.42 Å². The lowest BCUT2D eigenvalue weighted by molar-refractivity contribution is -0.640. The Morgan fingerprint density at radius 3 is 2.59 bits per heavy atom. The molecule has 0 aliphatic heterocycles. The van der Waals surface area contributed by atoms with Crippen molar-refractivity contribution in [3.63, 3.8) is 0 Å². The molecule has 0 amide bonds. The first-order chi connectivity index (χ1) is 10.7. The van der Waals surface area contributed by atoms with Crippen LogP contribution in [0.3, 0.4) is 0 Å². The Bertz CT molecular complexity index is 904. The summed E-state index contributed by atoms with van der Waals surface area (Å²) in [5.74, 6) is -0.403. The number of aryl methyl sites for hydroxylation is 3. The molecule has 0 radical (unpaired) electrons. The Morgan fingerprint density at radius 2 is 1.91 bits per heavy atom. The van der Waals surface area contributed by atoms with Crippen LogP contribution in [-0.2, 0) is 7.05 Å². The smallest absolute Gasteiger partial charge is 0.388 e. The fourth-order valence-corrected chi connectivity index (χ4v) is 2.84. The molecule has 3 nitrogen and oxygen atoms in total. The van der Waals surface area contributed by atoms with E-state index < -0.39 is 5.89 Å². The number of benzene rings is 1. The van der Waals surface area contributed by atoms with E-state index in [-0.39, 0.29) is 0 Å². The molecule has 0 spiro atoms. The maximum atomic E-state index is 8.12. The lowest BCUT2D eigenvalue weighted by Gasteiger charge is -2.08. The lowest BCUT2D eigenvalue weighted by atomic mass is 9.97. The highest BCUT2D eigenvalue weighted by atomic mass is 16.4. The summed E-state index contributed by atoms with van der Waals surface area (Å²) in [5.41, 5.74) is 7.58. The Kier molecular flexibility index (Phi) is 3.21. The zero-order valence-electron chi connectivity index (χ0n) is 15.1. The van der Waals surface area contributed by atoms with Gasteiger partial charge in [-0.3, -0.25) is 0 Å². The fraction of sp³-hybridized carbons (Fsp3) is 0.368. The van der Waals surface area contributed by atoms with Crippen LogP contribution >= 0.6 is 0 Å². The van der Waals surface area contributed by atoms with Gasteiger partial charge in [-0.1, -0.05) is 25.5 Å². The minimum atomic E-state index is -0.845. The van der Waals surface area contributed by atoms with Crippen molar-refractivity contribution in [1.82, 2.24) is 4.98 Å². The van der Waals surface area contributed by atoms with Gasteiger partial charge in [-0.25, -0.2) is 4.98 Å². The summed E-state index contributed by atoms with van der Waals surface area (Å²) in [4.78, 5) is 4.46. The highest BCUT2D eigenvalue weighted by molar-refractivity contribution is 5.71. The summed E-state index contributed by atoms with van der Waals surface area (Å²) in [5, 5.41) is 0. The molecule has 3 heteroatoms. The number of pyridine rings is 1. The van der Waals surface area contributed by atoms with Crippen LogP contribution in [0, 0.1) is 20.8 Å². The molecule has 0 N–H and O–H groups in total. The third-order valence-electron chi connectivity index (χ3n) is 4.21. The van der Waals surface area contributed by atoms with Crippen molar-refractivity contribution in [2.75, 3.05) is 0 Å². The topological polar surface area (TPSA) is 29.9 Å². The molecule has 1 aromatic carbocycles. The largest absolute Gasteiger partial charge is 0.401 e. The summed E-state index contributed by atoms with van der Waals surface area (Å²) in [6.07, 6.45) is 0. The van der Waals surface area contributed by atoms with Crippen molar-refractivity contribution < 1.29 is 10.4 Å². The summed E-state index contributed by atoms with van der Waals surface area (Å²) in [7, 11) is 1.99. The normalized spacial score (nSPS) is 12.7. The summed E-state index contributed by atoms with van der Waals surface area (Å²) < 4.78 is 16.0. The molecular weight excluding hydrogens is 272 g/mol. The van der Waals surface area contributed by atoms with E-state index in [1.54, 1.807) is 13.8 Å². The molecule has 2 heterocycles. The lowest BCUT2D eigenvalue weighted by Crippen LogP contribution is -2.31. The summed E-state index contributed by atoms with van der Waals surface area (Å²) in [6.45, 7) is 9.97. The predicted molar refractivity (Wildman–Crippen MR) is 88.9 cm³/mol. The van der Waals surface area contributed by atoms with E-state index in [0.29, 0.717) is 11.6 Å². The van der Waals surface area contributed by atoms with Gasteiger partial charge in [-0.05, 0) is 44.0 Å². The molecule has 0 saturated heterocycles. The predicted octanol–water partition coefficient (Wildman–Crippen LogP) is 4.37. The van der Waals surface area contributed by atoms with Crippen LogP contribution in [0.1, 0.15) is 43.7 Å². The second-order valence-corrected chi connectivity index (χ2v) is 6.24. The van der Waals surface area contributed by atoms with E-state index in [0.717, 1.165) is 11.2 Å². The van der Waals surface area contributed by atoms with Gasteiger partial charge in [0.05, 0.1) is 0 Å². The number of nitrogens with zero attached hydrogens (tertiary/aromatic N) is 2. The Hall–Kier alpha value is -2.16. The van der Waals surface area contributed by atoms with Gasteiger partial charge in [0.2, 0.25) is 11.6 Å². The van der Waals surface area contributed by atoms with Crippen LogP contribution < -0.4 is 4.57 Å². The quantitative estimate of drug-likeness (QED) is 0.657. The van der Waals surface area contributed by atoms with Gasteiger partial charge in [0.25, 0.3) is 0 Å². The molecule has 0 bridgehead atoms. The number of hydrogen-bond acceptors (Lipinski definition) is 2. The number of fused-ring (bicyclic) bond motifs is 1. The first-order valence-corrected chi connectivity index (χ1v) is 7.57. The van der Waals surface area contributed by atoms with Gasteiger partial charge in [0.1, 0.15) is 7.05 Å². The molecule has 0 fully saturated rings. The van der Waals surface area contributed by atoms with Crippen molar-refractivity contribution in [1.29, 1.82) is 0 Å². The molecule has 0 aliphatic carbocycles. The molecular formula is C19H23N2O+. The van der Waals surface area contributed by atoms with E-state index in [9.17, 15) is 0 Å². The maximum absolute atomic E-state index is 8.12. The second kappa shape index (κ2) is 5.24. The highest BCUT2D eigenvalue weighted by Gasteiger charge is 2.22. The third kappa shape index (κ3) is 2.31. The van der Waals surface area contributed by atoms with Crippen LogP contribution in [0.5, 0.6) is 0 Å². The number of hydrogen-bond donors (Lipinski definition) is 0. The van der Waals surface area contributed by atoms with Crippen LogP contribution in [0.2, 0.25) is 0 Å². The van der Waals surface area contributed by atoms with E-state index in [4.69, 9.17) is 5.79 Å². The number of oxazole rings is 1. The molecule has 3 rings (SSSR count). The first-order valence-electron chi connectivity index (χ1n) is 8.07. The van der Waals surface area contributed by atoms with Crippen molar-refractivity contribution >= 4 is 11.2 Å². The van der Waals surface area contributed by atoms with Crippen LogP contribution in [0.25, 0.3) is 22.5 Å². The van der Waals surface area contributed by atoms with Crippen molar-refractivity contribution in [3.05, 3.63) is 46.8 Å². The summed E-state index contributed by atoms with van der Waals surface area (Å²) >= 11 is 0. The van der Waals surface area contributed by atoms with Crippen molar-refractivity contribution in [2.45, 2.75) is 40.5 Å². The molecule has 2 aromatic heterocycles. The van der Waals surface area contributed by atoms with Crippen molar-refractivity contribution in [3.8, 4) is 11.3 Å². The maximum Gasteiger partial charge on any atom is 0.401 e. The van der Waals surface area contributed by atoms with E-state index in [2.05, 4.69) is 44.0 Å². The van der Waals surface area contributed by atoms with E-state index in [1.807, 2.05) is 17.7 Å². The average Bonchev–Trinajstić information content (AvgIpc) is 2.89. The van der Waals surface area contributed by atoms with Crippen LogP contribution in [0.15, 0.2) is 28.7 Å². The molecule has 0 saturated carbocycles. The fourth-order valence-electron chi connectivity index (χ4n) is 2.84. The minimum absolute atomic E-state index is 0.442. The monoisotopic (exact) mass is 296 g/mol. The van der Waals surface area contributed by atoms with Gasteiger partial charge >= 0.3 is 5.71 Å². The minimum Gasteiger partial charge on any atom is -0.388 e. The van der Waals surface area contributed by atoms with Gasteiger partial charge in [-0.15, -0.1) is 0 Å². The molecule has 0 atom stereocenters. The zero-order valence-corrected chi connectivity index (χ0v) is 14.1. The number of aromatic nitrogens is 2. The van der Waals surface area contributed by atoms with E-state index >= 15 is 0 Å². The zero-order chi connectivity index (χ0) is 16.9. The van der Waals surface area contributed by atoms with Gasteiger partial charge in [0.15, 0.2) is 5.52 Å². The SMILES string of the molecule is [2H]C(C)(C)c1nc2ccc(-c3cc(C)cc(C)c3C)[n+](C)c2o1. The van der Waals surface area contributed by atoms with Crippen LogP contribution in [-0.4, -0.2) is 4.98 Å². The summed E-state index contributed by atoms with van der Waals surface area (Å²) in [6, 6.07) is 8.45. The first kappa shape index (κ1) is 13.5. The van der Waals surface area contributed by atoms with Gasteiger partial charge in [0, 0.05) is 18.9 Å². The van der Waals surface area contributed by atoms with Crippen LogP contribution in [0.4, 0.5) is 0 Å². The number of rotatable bonds is 2. The molecule has 114 valence electrons. The molecule has 0 aliphatic rings. The van der Waals surface area contributed by atoms with Crippen molar-refractivity contribution in [2.24, 2.45) is 7.05 Å². The highest BCUT2D eigenvalue weighted by Crippen LogP contribution is 2.27. The Morgan fingerprint density at radius 1 is 1.18 bits per heavy atom.